The van der Waals surface area contributed by atoms with Gasteiger partial charge in [0.2, 0.25) is 0 Å². The zero-order valence-electron chi connectivity index (χ0n) is 12.6. The second-order valence-electron chi connectivity index (χ2n) is 5.47. The number of nitrogens with zero attached hydrogens (tertiary/aromatic N) is 2. The molecule has 1 amide bonds. The fourth-order valence-corrected chi connectivity index (χ4v) is 2.36. The zero-order valence-corrected chi connectivity index (χ0v) is 12.6. The lowest BCUT2D eigenvalue weighted by Gasteiger charge is -2.34. The summed E-state index contributed by atoms with van der Waals surface area (Å²) in [5.74, 6) is -0.146. The summed E-state index contributed by atoms with van der Waals surface area (Å²) in [6, 6.07) is 9.29. The van der Waals surface area contributed by atoms with Gasteiger partial charge in [-0.1, -0.05) is 18.2 Å². The SMILES string of the molecule is CC(C)OC(=O)CN1CCN(C(=O)c2ccccc2)CC1. The van der Waals surface area contributed by atoms with Crippen molar-refractivity contribution in [2.24, 2.45) is 0 Å². The van der Waals surface area contributed by atoms with Crippen molar-refractivity contribution in [3.63, 3.8) is 0 Å². The molecular weight excluding hydrogens is 268 g/mol. The van der Waals surface area contributed by atoms with Crippen LogP contribution in [-0.4, -0.2) is 60.5 Å². The zero-order chi connectivity index (χ0) is 15.2. The second-order valence-corrected chi connectivity index (χ2v) is 5.47. The summed E-state index contributed by atoms with van der Waals surface area (Å²) in [4.78, 5) is 27.8. The summed E-state index contributed by atoms with van der Waals surface area (Å²) >= 11 is 0. The van der Waals surface area contributed by atoms with Crippen LogP contribution >= 0.6 is 0 Å². The Balaban J connectivity index is 1.81. The summed E-state index contributed by atoms with van der Waals surface area (Å²) in [5.41, 5.74) is 0.713. The van der Waals surface area contributed by atoms with Crippen molar-refractivity contribution in [1.29, 1.82) is 0 Å². The molecule has 1 aromatic rings. The van der Waals surface area contributed by atoms with Crippen LogP contribution in [0.1, 0.15) is 24.2 Å². The first-order valence-corrected chi connectivity index (χ1v) is 7.32. The van der Waals surface area contributed by atoms with Gasteiger partial charge in [0.05, 0.1) is 12.6 Å². The molecule has 1 aliphatic heterocycles. The van der Waals surface area contributed by atoms with E-state index in [0.29, 0.717) is 38.3 Å². The quantitative estimate of drug-likeness (QED) is 0.787. The van der Waals surface area contributed by atoms with Crippen molar-refractivity contribution in [2.45, 2.75) is 20.0 Å². The summed E-state index contributed by atoms with van der Waals surface area (Å²) in [6.07, 6.45) is -0.0848. The molecule has 0 aliphatic carbocycles. The maximum atomic E-state index is 12.3. The van der Waals surface area contributed by atoms with Gasteiger partial charge in [0.1, 0.15) is 0 Å². The monoisotopic (exact) mass is 290 g/mol. The summed E-state index contributed by atoms with van der Waals surface area (Å²) in [6.45, 7) is 6.66. The maximum absolute atomic E-state index is 12.3. The molecule has 5 nitrogen and oxygen atoms in total. The molecule has 1 aliphatic rings. The van der Waals surface area contributed by atoms with Crippen LogP contribution < -0.4 is 0 Å². The lowest BCUT2D eigenvalue weighted by atomic mass is 10.2. The van der Waals surface area contributed by atoms with Crippen LogP contribution in [0.2, 0.25) is 0 Å². The number of benzene rings is 1. The average molecular weight is 290 g/mol. The van der Waals surface area contributed by atoms with E-state index in [9.17, 15) is 9.59 Å². The Morgan fingerprint density at radius 2 is 1.71 bits per heavy atom. The molecule has 5 heteroatoms. The number of carbonyl (C=O) groups excluding carboxylic acids is 2. The number of rotatable bonds is 4. The van der Waals surface area contributed by atoms with Gasteiger partial charge in [-0.15, -0.1) is 0 Å². The largest absolute Gasteiger partial charge is 0.462 e. The molecule has 0 spiro atoms. The first-order valence-electron chi connectivity index (χ1n) is 7.32. The highest BCUT2D eigenvalue weighted by atomic mass is 16.5. The topological polar surface area (TPSA) is 49.9 Å². The Hall–Kier alpha value is -1.88. The van der Waals surface area contributed by atoms with Crippen molar-refractivity contribution in [1.82, 2.24) is 9.80 Å². The Morgan fingerprint density at radius 1 is 1.10 bits per heavy atom. The van der Waals surface area contributed by atoms with Gasteiger partial charge in [0, 0.05) is 31.7 Å². The van der Waals surface area contributed by atoms with Gasteiger partial charge in [0.15, 0.2) is 0 Å². The minimum atomic E-state index is -0.201. The molecule has 0 unspecified atom stereocenters. The number of ether oxygens (including phenoxy) is 1. The molecule has 1 aromatic carbocycles. The molecule has 0 bridgehead atoms. The molecule has 0 atom stereocenters. The highest BCUT2D eigenvalue weighted by molar-refractivity contribution is 5.94. The lowest BCUT2D eigenvalue weighted by Crippen LogP contribution is -2.50. The Kier molecular flexibility index (Phi) is 5.33. The summed E-state index contributed by atoms with van der Waals surface area (Å²) in [5, 5.41) is 0. The van der Waals surface area contributed by atoms with E-state index < -0.39 is 0 Å². The minimum Gasteiger partial charge on any atom is -0.462 e. The van der Waals surface area contributed by atoms with Gasteiger partial charge in [-0.3, -0.25) is 14.5 Å². The first kappa shape index (κ1) is 15.5. The van der Waals surface area contributed by atoms with Gasteiger partial charge in [0.25, 0.3) is 5.91 Å². The van der Waals surface area contributed by atoms with E-state index in [1.165, 1.54) is 0 Å². The fraction of sp³-hybridized carbons (Fsp3) is 0.500. The number of hydrogen-bond acceptors (Lipinski definition) is 4. The van der Waals surface area contributed by atoms with Gasteiger partial charge in [-0.2, -0.15) is 0 Å². The molecule has 2 rings (SSSR count). The average Bonchev–Trinajstić information content (AvgIpc) is 2.47. The van der Waals surface area contributed by atoms with Gasteiger partial charge >= 0.3 is 5.97 Å². The molecule has 1 heterocycles. The van der Waals surface area contributed by atoms with E-state index >= 15 is 0 Å². The maximum Gasteiger partial charge on any atom is 0.320 e. The molecule has 1 saturated heterocycles. The van der Waals surface area contributed by atoms with E-state index in [-0.39, 0.29) is 18.0 Å². The van der Waals surface area contributed by atoms with Crippen LogP contribution in [0.4, 0.5) is 0 Å². The van der Waals surface area contributed by atoms with Crippen LogP contribution in [0.5, 0.6) is 0 Å². The Bertz CT molecular complexity index is 480. The number of amides is 1. The Morgan fingerprint density at radius 3 is 2.29 bits per heavy atom. The molecule has 0 saturated carbocycles. The van der Waals surface area contributed by atoms with E-state index in [1.807, 2.05) is 54.0 Å². The van der Waals surface area contributed by atoms with Crippen molar-refractivity contribution < 1.29 is 14.3 Å². The normalized spacial score (nSPS) is 16.0. The molecule has 114 valence electrons. The molecule has 1 fully saturated rings. The first-order chi connectivity index (χ1) is 10.1. The number of esters is 1. The summed E-state index contributed by atoms with van der Waals surface area (Å²) in [7, 11) is 0. The molecule has 0 N–H and O–H groups in total. The molecule has 21 heavy (non-hydrogen) atoms. The lowest BCUT2D eigenvalue weighted by molar-refractivity contribution is -0.149. The highest BCUT2D eigenvalue weighted by Crippen LogP contribution is 2.08. The predicted molar refractivity (Wildman–Crippen MR) is 80.0 cm³/mol. The van der Waals surface area contributed by atoms with Crippen LogP contribution in [0.25, 0.3) is 0 Å². The number of hydrogen-bond donors (Lipinski definition) is 0. The Labute approximate surface area is 125 Å². The minimum absolute atomic E-state index is 0.0556. The summed E-state index contributed by atoms with van der Waals surface area (Å²) < 4.78 is 5.14. The van der Waals surface area contributed by atoms with E-state index in [0.717, 1.165) is 0 Å². The highest BCUT2D eigenvalue weighted by Gasteiger charge is 2.23. The molecule has 0 radical (unpaired) electrons. The van der Waals surface area contributed by atoms with Crippen molar-refractivity contribution in [2.75, 3.05) is 32.7 Å². The van der Waals surface area contributed by atoms with E-state index in [2.05, 4.69) is 0 Å². The fourth-order valence-electron chi connectivity index (χ4n) is 2.36. The standard InChI is InChI=1S/C16H22N2O3/c1-13(2)21-15(19)12-17-8-10-18(11-9-17)16(20)14-6-4-3-5-7-14/h3-7,13H,8-12H2,1-2H3. The molecule has 0 aromatic heterocycles. The van der Waals surface area contributed by atoms with Crippen LogP contribution in [-0.2, 0) is 9.53 Å². The van der Waals surface area contributed by atoms with Gasteiger partial charge in [-0.05, 0) is 26.0 Å². The smallest absolute Gasteiger partial charge is 0.320 e. The number of carbonyl (C=O) groups is 2. The van der Waals surface area contributed by atoms with Crippen molar-refractivity contribution in [3.8, 4) is 0 Å². The van der Waals surface area contributed by atoms with Crippen LogP contribution in [0.3, 0.4) is 0 Å². The van der Waals surface area contributed by atoms with Crippen molar-refractivity contribution in [3.05, 3.63) is 35.9 Å². The third kappa shape index (κ3) is 4.56. The van der Waals surface area contributed by atoms with Crippen LogP contribution in [0, 0.1) is 0 Å². The number of piperazine rings is 1. The predicted octanol–water partition coefficient (Wildman–Crippen LogP) is 1.40. The van der Waals surface area contributed by atoms with Crippen molar-refractivity contribution >= 4 is 11.9 Å². The van der Waals surface area contributed by atoms with E-state index in [4.69, 9.17) is 4.74 Å². The van der Waals surface area contributed by atoms with Crippen LogP contribution in [0.15, 0.2) is 30.3 Å². The van der Waals surface area contributed by atoms with Gasteiger partial charge in [-0.25, -0.2) is 0 Å². The third-order valence-corrected chi connectivity index (χ3v) is 3.40. The van der Waals surface area contributed by atoms with Gasteiger partial charge < -0.3 is 9.64 Å². The second kappa shape index (κ2) is 7.22. The third-order valence-electron chi connectivity index (χ3n) is 3.40. The molecular formula is C16H22N2O3. The van der Waals surface area contributed by atoms with E-state index in [1.54, 1.807) is 0 Å².